The number of halogens is 9. The topological polar surface area (TPSA) is 453 Å². The summed E-state index contributed by atoms with van der Waals surface area (Å²) in [5.41, 5.74) is 28.7. The number of nitrogen functional groups attached to an aromatic ring is 4. The van der Waals surface area contributed by atoms with E-state index in [4.69, 9.17) is 80.0 Å². The third-order valence-electron chi connectivity index (χ3n) is 21.7. The summed E-state index contributed by atoms with van der Waals surface area (Å²) in [5.74, 6) is 9.39. The fourth-order valence-corrected chi connectivity index (χ4v) is 22.5. The second-order valence-electron chi connectivity index (χ2n) is 39.7. The maximum absolute atomic E-state index is 14.3. The van der Waals surface area contributed by atoms with E-state index in [1.165, 1.54) is 3.58 Å². The van der Waals surface area contributed by atoms with Gasteiger partial charge in [0.25, 0.3) is 0 Å². The Balaban J connectivity index is 0.000000195. The van der Waals surface area contributed by atoms with Crippen LogP contribution in [0.1, 0.15) is 163 Å². The molecule has 38 nitrogen and oxygen atoms in total. The van der Waals surface area contributed by atoms with Crippen molar-refractivity contribution in [2.24, 2.45) is 23.7 Å². The van der Waals surface area contributed by atoms with Gasteiger partial charge in [-0.15, -0.1) is 0 Å². The molecule has 143 heavy (non-hydrogen) atoms. The fraction of sp³-hybridized carbons (Fsp3) is 0.500. The van der Waals surface area contributed by atoms with E-state index in [0.29, 0.717) is 189 Å². The smallest absolute Gasteiger partial charge is 1.00 e. The summed E-state index contributed by atoms with van der Waals surface area (Å²) in [7, 11) is 0. The molecule has 4 aromatic carbocycles. The molecule has 0 bridgehead atoms. The molecule has 0 spiro atoms. The Morgan fingerprint density at radius 1 is 0.413 bits per heavy atom. The van der Waals surface area contributed by atoms with Crippen LogP contribution in [0.2, 0.25) is 14.8 Å². The van der Waals surface area contributed by atoms with Crippen molar-refractivity contribution in [1.82, 2.24) is 98.1 Å². The first-order chi connectivity index (χ1) is 65.9. The molecule has 12 heterocycles. The van der Waals surface area contributed by atoms with Crippen molar-refractivity contribution >= 4 is 176 Å². The summed E-state index contributed by atoms with van der Waals surface area (Å²) >= 11 is 4.11. The maximum atomic E-state index is 14.3. The SMILES string of the molecule is CC(C)CN(CCn1c(Cc2cc3c(c[c]2[Sn]([CH3])([CH3])[CH3])OCO3)nc2c(N)nc(F)nc21)C(=O)OC(C)(C)C.CC(C)CN(CCn1c(Cc2cc3c(cc2I)OCO3)nc2c(N)nc(F)nc21)C(=O)OC(C)(C)C.CC(C)CN(CCn1c(Cc2cc3c(cc2[124I])OCO3)nc2c(N)nc(F)nc21)C(=O)OC(C)(C)C.CC(C)CNCCn1c(Cc2cc3c(cc2I)OCO3)nc2c(N)nc(F)nc21.[124I-].[I-].[Na+]. The molecule has 4 aliphatic heterocycles. The zero-order valence-electron chi connectivity index (χ0n) is 84.0. The molecule has 0 unspecified atom stereocenters. The Hall–Kier alpha value is -8.38. The van der Waals surface area contributed by atoms with E-state index in [-0.39, 0.29) is 157 Å². The Labute approximate surface area is 928 Å². The van der Waals surface area contributed by atoms with Gasteiger partial charge in [-0.05, 0) is 187 Å². The molecule has 0 saturated heterocycles. The molecular weight excluding hydrogens is 2540 g/mol. The number of nitrogens with one attached hydrogen (secondary N) is 1. The number of imidazole rings is 4. The van der Waals surface area contributed by atoms with Gasteiger partial charge in [0.1, 0.15) is 28.7 Å². The summed E-state index contributed by atoms with van der Waals surface area (Å²) in [4.78, 5) is 100. The molecule has 4 aliphatic rings. The standard InChI is InChI=1S/2C24H30FIN6O4.C24H30FN6O4.C19H22FIN6O2.3CH3.2HI.Na.Sn/c2*1-13(2)11-31(23(33)36-24(3,4)5)6-7-32-18(28-19-20(27)29-22(25)30-21(19)32)9-14-8-16-17(10-15(14)26)35-12-34-16;1-14(2)12-30(23(32)35-24(3,4)5)8-9-31-18(27-19-20(26)28-22(25)29-21(19)31)11-15-6-7-16-17(10-15)34-13-33-16;1-10(2)8-23-3-4-27-15(24-16-17(22)25-19(20)26-18(16)27)6-11-5-13-14(7-12(11)21)29-9-28-13;;;;;;;/h2*8,10,13H,6-7,9,11-12H2,1-5H3,(H2,27,29,30);7,10,14H,8-9,11-13H2,1-5H3,(H2,26,28,29);5,7,10,23H,3-4,6,8-9H2,1-2H3,(H2,22,25,26);3*1H3;2*1H;;/q;;;;;;;;;+1;/p-2/i26-3;;;;;;;1-3;;;. The van der Waals surface area contributed by atoms with Crippen molar-refractivity contribution in [2.45, 2.75) is 201 Å². The van der Waals surface area contributed by atoms with E-state index < -0.39 is 77.8 Å². The molecule has 9 N–H and O–H groups in total. The van der Waals surface area contributed by atoms with Crippen LogP contribution in [0, 0.1) is 58.7 Å². The molecule has 770 valence electrons. The molecule has 16 rings (SSSR count). The van der Waals surface area contributed by atoms with Crippen LogP contribution in [-0.4, -0.2) is 226 Å². The Kier molecular flexibility index (Phi) is 40.4. The predicted molar refractivity (Wildman–Crippen MR) is 547 cm³/mol. The van der Waals surface area contributed by atoms with Gasteiger partial charge in [0.15, 0.2) is 85.4 Å². The number of anilines is 4. The summed E-state index contributed by atoms with van der Waals surface area (Å²) < 4.78 is 129. The van der Waals surface area contributed by atoms with Gasteiger partial charge in [-0.3, -0.25) is 0 Å². The normalized spacial score (nSPS) is 12.8. The molecule has 49 heteroatoms. The number of fused-ring (bicyclic) bond motifs is 8. The van der Waals surface area contributed by atoms with E-state index in [2.05, 4.69) is 163 Å². The monoisotopic (exact) mass is 2660 g/mol. The molecule has 0 aliphatic carbocycles. The van der Waals surface area contributed by atoms with Gasteiger partial charge in [-0.1, -0.05) is 41.5 Å². The van der Waals surface area contributed by atoms with Gasteiger partial charge in [0.2, 0.25) is 20.4 Å². The first-order valence-corrected chi connectivity index (χ1v) is 59.1. The average Bonchev–Trinajstić information content (AvgIpc) is 1.65. The second-order valence-corrected chi connectivity index (χ2v) is 57.6. The number of nitrogens with zero attached hydrogens (tertiary/aromatic N) is 19. The van der Waals surface area contributed by atoms with Crippen LogP contribution in [0.4, 0.5) is 55.2 Å². The molecule has 0 fully saturated rings. The molecule has 0 radical (unpaired) electrons. The molecule has 12 aromatic rings. The Morgan fingerprint density at radius 3 is 0.958 bits per heavy atom. The van der Waals surface area contributed by atoms with Crippen molar-refractivity contribution in [2.75, 3.05) is 102 Å². The molecule has 0 atom stereocenters. The Bertz CT molecular complexity index is 6380. The van der Waals surface area contributed by atoms with E-state index in [9.17, 15) is 31.9 Å². The molecule has 8 aromatic heterocycles. The number of aromatic nitrogens is 16. The summed E-state index contributed by atoms with van der Waals surface area (Å²) in [5, 5.41) is 3.40. The van der Waals surface area contributed by atoms with Gasteiger partial charge in [-0.2, -0.15) is 43.1 Å². The van der Waals surface area contributed by atoms with Crippen molar-refractivity contribution in [3.8, 4) is 46.0 Å². The predicted octanol–water partition coefficient (Wildman–Crippen LogP) is 6.76. The van der Waals surface area contributed by atoms with Crippen LogP contribution < -0.4 is 147 Å². The van der Waals surface area contributed by atoms with Crippen molar-refractivity contribution in [3.63, 3.8) is 0 Å². The number of nitrogens with two attached hydrogens (primary N) is 4. The summed E-state index contributed by atoms with van der Waals surface area (Å²) in [6, 6.07) is 15.7. The van der Waals surface area contributed by atoms with E-state index in [1.807, 2.05) is 155 Å². The quantitative estimate of drug-likeness (QED) is 0.00806. The number of benzene rings is 4. The van der Waals surface area contributed by atoms with Crippen LogP contribution in [0.5, 0.6) is 46.0 Å². The number of ether oxygens (including phenoxy) is 11. The fourth-order valence-electron chi connectivity index (χ4n) is 15.7. The van der Waals surface area contributed by atoms with E-state index in [1.54, 1.807) is 23.8 Å². The van der Waals surface area contributed by atoms with Gasteiger partial charge in [-0.25, -0.2) is 24.5 Å². The summed E-state index contributed by atoms with van der Waals surface area (Å²) in [6.45, 7) is 39.4. The minimum Gasteiger partial charge on any atom is -1.00 e. The number of hydrogen-bond acceptors (Lipinski definition) is 31. The van der Waals surface area contributed by atoms with Crippen LogP contribution >= 0.6 is 67.8 Å². The van der Waals surface area contributed by atoms with Crippen molar-refractivity contribution in [1.29, 1.82) is 0 Å². The third kappa shape index (κ3) is 30.7. The van der Waals surface area contributed by atoms with Crippen molar-refractivity contribution in [3.05, 3.63) is 129 Å². The third-order valence-corrected chi connectivity index (χ3v) is 30.6. The number of rotatable bonds is 29. The van der Waals surface area contributed by atoms with Crippen LogP contribution in [-0.2, 0) is 66.1 Å². The zero-order chi connectivity index (χ0) is 102. The number of carbonyl (C=O) groups is 3. The summed E-state index contributed by atoms with van der Waals surface area (Å²) in [6.07, 6.45) is -3.07. The van der Waals surface area contributed by atoms with E-state index >= 15 is 0 Å². The number of amides is 3. The van der Waals surface area contributed by atoms with Crippen molar-refractivity contribution < 1.29 is 162 Å². The van der Waals surface area contributed by atoms with Gasteiger partial charge < -0.3 is 132 Å². The van der Waals surface area contributed by atoms with Gasteiger partial charge >= 0.3 is 293 Å². The van der Waals surface area contributed by atoms with E-state index in [0.717, 1.165) is 56.8 Å². The Morgan fingerprint density at radius 2 is 0.671 bits per heavy atom. The van der Waals surface area contributed by atoms with Crippen LogP contribution in [0.3, 0.4) is 0 Å². The second kappa shape index (κ2) is 49.6. The van der Waals surface area contributed by atoms with Crippen LogP contribution in [0.25, 0.3) is 44.7 Å². The first kappa shape index (κ1) is 117. The molecular formula is C94H121F4I5N24NaO14Sn-. The molecule has 3 amide bonds. The number of hydrogen-bond donors (Lipinski definition) is 5. The average molecular weight is 2660 g/mol. The van der Waals surface area contributed by atoms with Gasteiger partial charge in [0.05, 0.1) is 0 Å². The minimum atomic E-state index is -2.62. The number of carbonyl (C=O) groups excluding carboxylic acids is 3. The van der Waals surface area contributed by atoms with Crippen LogP contribution in [0.15, 0.2) is 48.5 Å². The molecule has 0 saturated carbocycles. The van der Waals surface area contributed by atoms with Gasteiger partial charge in [0, 0.05) is 82.3 Å². The minimum absolute atomic E-state index is 0. The first-order valence-electron chi connectivity index (χ1n) is 45.9. The zero-order valence-corrected chi connectivity index (χ0v) is 99.6.